The van der Waals surface area contributed by atoms with Crippen LogP contribution in [0.15, 0.2) is 24.3 Å². The smallest absolute Gasteiger partial charge is 0.230 e. The summed E-state index contributed by atoms with van der Waals surface area (Å²) in [6, 6.07) is 7.85. The summed E-state index contributed by atoms with van der Waals surface area (Å²) in [6.07, 6.45) is 2.70. The number of carbonyl (C=O) groups excluding carboxylic acids is 1. The Morgan fingerprint density at radius 3 is 2.95 bits per heavy atom. The van der Waals surface area contributed by atoms with Crippen LogP contribution in [0.5, 0.6) is 0 Å². The Hall–Kier alpha value is -1.46. The second-order valence-electron chi connectivity index (χ2n) is 5.00. The fraction of sp³-hybridized carbons (Fsp3) is 0.467. The molecule has 1 aliphatic heterocycles. The van der Waals surface area contributed by atoms with Crippen molar-refractivity contribution in [3.63, 3.8) is 0 Å². The summed E-state index contributed by atoms with van der Waals surface area (Å²) in [6.45, 7) is 3.47. The van der Waals surface area contributed by atoms with E-state index in [9.17, 15) is 4.79 Å². The molecule has 1 heterocycles. The van der Waals surface area contributed by atoms with Gasteiger partial charge in [-0.2, -0.15) is 0 Å². The Bertz CT molecular complexity index is 485. The average Bonchev–Trinajstić information content (AvgIpc) is 2.92. The predicted molar refractivity (Wildman–Crippen MR) is 82.6 cm³/mol. The molecule has 0 saturated carbocycles. The summed E-state index contributed by atoms with van der Waals surface area (Å²) < 4.78 is 5.48. The molecule has 5 heteroatoms. The highest BCUT2D eigenvalue weighted by Gasteiger charge is 2.15. The Balaban J connectivity index is 1.73. The van der Waals surface area contributed by atoms with Crippen LogP contribution in [0.3, 0.4) is 0 Å². The number of aryl methyl sites for hydroxylation is 1. The van der Waals surface area contributed by atoms with Gasteiger partial charge in [0.15, 0.2) is 5.11 Å². The second kappa shape index (κ2) is 7.36. The number of thiocarbonyl (C=S) groups is 1. The second-order valence-corrected chi connectivity index (χ2v) is 5.40. The zero-order chi connectivity index (χ0) is 14.4. The molecule has 0 aliphatic carbocycles. The van der Waals surface area contributed by atoms with Gasteiger partial charge >= 0.3 is 0 Å². The topological polar surface area (TPSA) is 50.4 Å². The van der Waals surface area contributed by atoms with Gasteiger partial charge in [0, 0.05) is 13.2 Å². The number of hydrogen-bond acceptors (Lipinski definition) is 3. The molecule has 1 aliphatic rings. The number of amides is 1. The van der Waals surface area contributed by atoms with E-state index in [2.05, 4.69) is 10.6 Å². The van der Waals surface area contributed by atoms with Gasteiger partial charge < -0.3 is 15.4 Å². The quantitative estimate of drug-likeness (QED) is 0.830. The first-order valence-electron chi connectivity index (χ1n) is 6.89. The first kappa shape index (κ1) is 14.9. The van der Waals surface area contributed by atoms with Gasteiger partial charge in [0.25, 0.3) is 0 Å². The lowest BCUT2D eigenvalue weighted by molar-refractivity contribution is -0.119. The van der Waals surface area contributed by atoms with E-state index >= 15 is 0 Å². The lowest BCUT2D eigenvalue weighted by Gasteiger charge is -2.13. The largest absolute Gasteiger partial charge is 0.376 e. The van der Waals surface area contributed by atoms with E-state index in [1.54, 1.807) is 0 Å². The number of rotatable bonds is 4. The zero-order valence-electron chi connectivity index (χ0n) is 11.6. The van der Waals surface area contributed by atoms with Crippen LogP contribution < -0.4 is 10.6 Å². The molecule has 1 fully saturated rings. The normalized spacial score (nSPS) is 17.8. The van der Waals surface area contributed by atoms with Crippen LogP contribution in [0.4, 0.5) is 0 Å². The molecule has 4 nitrogen and oxygen atoms in total. The van der Waals surface area contributed by atoms with E-state index in [0.717, 1.165) is 30.6 Å². The molecule has 1 unspecified atom stereocenters. The maximum absolute atomic E-state index is 11.9. The minimum Gasteiger partial charge on any atom is -0.376 e. The lowest BCUT2D eigenvalue weighted by Crippen LogP contribution is -2.42. The molecule has 1 saturated heterocycles. The van der Waals surface area contributed by atoms with Crippen LogP contribution >= 0.6 is 12.2 Å². The van der Waals surface area contributed by atoms with Crippen LogP contribution in [0.1, 0.15) is 24.0 Å². The monoisotopic (exact) mass is 292 g/mol. The van der Waals surface area contributed by atoms with Crippen molar-refractivity contribution in [1.29, 1.82) is 0 Å². The van der Waals surface area contributed by atoms with Crippen molar-refractivity contribution in [3.8, 4) is 0 Å². The summed E-state index contributed by atoms with van der Waals surface area (Å²) in [5.74, 6) is -0.0934. The fourth-order valence-electron chi connectivity index (χ4n) is 2.21. The third-order valence-corrected chi connectivity index (χ3v) is 3.63. The van der Waals surface area contributed by atoms with E-state index in [4.69, 9.17) is 17.0 Å². The van der Waals surface area contributed by atoms with E-state index in [-0.39, 0.29) is 12.0 Å². The zero-order valence-corrected chi connectivity index (χ0v) is 12.5. The van der Waals surface area contributed by atoms with Crippen molar-refractivity contribution in [2.75, 3.05) is 13.2 Å². The molecule has 0 bridgehead atoms. The number of ether oxygens (including phenoxy) is 1. The Morgan fingerprint density at radius 1 is 1.45 bits per heavy atom. The van der Waals surface area contributed by atoms with Crippen LogP contribution in [0.2, 0.25) is 0 Å². The summed E-state index contributed by atoms with van der Waals surface area (Å²) in [4.78, 5) is 11.9. The van der Waals surface area contributed by atoms with Crippen molar-refractivity contribution in [2.24, 2.45) is 0 Å². The Labute approximate surface area is 124 Å². The standard InChI is InChI=1S/C15H20N2O2S/c1-11-5-2-3-6-12(11)9-14(18)17-15(20)16-10-13-7-4-8-19-13/h2-3,5-6,13H,4,7-10H2,1H3,(H2,16,17,18,20). The molecule has 1 atom stereocenters. The molecule has 1 aromatic carbocycles. The maximum atomic E-state index is 11.9. The Kier molecular flexibility index (Phi) is 5.49. The summed E-state index contributed by atoms with van der Waals surface area (Å²) in [5, 5.41) is 6.11. The SMILES string of the molecule is Cc1ccccc1CC(=O)NC(=S)NCC1CCCO1. The molecule has 1 aromatic rings. The summed E-state index contributed by atoms with van der Waals surface area (Å²) >= 11 is 5.12. The molecule has 2 N–H and O–H groups in total. The number of carbonyl (C=O) groups is 1. The van der Waals surface area contributed by atoms with E-state index in [1.807, 2.05) is 31.2 Å². The highest BCUT2D eigenvalue weighted by molar-refractivity contribution is 7.80. The summed E-state index contributed by atoms with van der Waals surface area (Å²) in [5.41, 5.74) is 2.13. The minimum absolute atomic E-state index is 0.0934. The molecule has 20 heavy (non-hydrogen) atoms. The van der Waals surface area contributed by atoms with Crippen LogP contribution in [0, 0.1) is 6.92 Å². The van der Waals surface area contributed by atoms with Gasteiger partial charge in [0.05, 0.1) is 12.5 Å². The van der Waals surface area contributed by atoms with Gasteiger partial charge in [-0.15, -0.1) is 0 Å². The van der Waals surface area contributed by atoms with E-state index < -0.39 is 0 Å². The first-order chi connectivity index (χ1) is 9.65. The van der Waals surface area contributed by atoms with Crippen molar-refractivity contribution in [1.82, 2.24) is 10.6 Å². The molecule has 108 valence electrons. The molecule has 0 aromatic heterocycles. The fourth-order valence-corrected chi connectivity index (χ4v) is 2.41. The van der Waals surface area contributed by atoms with Crippen molar-refractivity contribution < 1.29 is 9.53 Å². The van der Waals surface area contributed by atoms with Crippen LogP contribution in [-0.4, -0.2) is 30.3 Å². The molecular weight excluding hydrogens is 272 g/mol. The maximum Gasteiger partial charge on any atom is 0.230 e. The van der Waals surface area contributed by atoms with Crippen molar-refractivity contribution in [3.05, 3.63) is 35.4 Å². The van der Waals surface area contributed by atoms with Gasteiger partial charge in [0.2, 0.25) is 5.91 Å². The Morgan fingerprint density at radius 2 is 2.25 bits per heavy atom. The predicted octanol–water partition coefficient (Wildman–Crippen LogP) is 1.71. The van der Waals surface area contributed by atoms with E-state index in [0.29, 0.717) is 18.1 Å². The van der Waals surface area contributed by atoms with E-state index in [1.165, 1.54) is 0 Å². The van der Waals surface area contributed by atoms with Gasteiger partial charge in [-0.05, 0) is 43.1 Å². The van der Waals surface area contributed by atoms with Gasteiger partial charge in [0.1, 0.15) is 0 Å². The highest BCUT2D eigenvalue weighted by atomic mass is 32.1. The number of nitrogens with one attached hydrogen (secondary N) is 2. The van der Waals surface area contributed by atoms with Gasteiger partial charge in [-0.1, -0.05) is 24.3 Å². The molecule has 2 rings (SSSR count). The van der Waals surface area contributed by atoms with Gasteiger partial charge in [-0.25, -0.2) is 0 Å². The van der Waals surface area contributed by atoms with Crippen LogP contribution in [0.25, 0.3) is 0 Å². The summed E-state index contributed by atoms with van der Waals surface area (Å²) in [7, 11) is 0. The average molecular weight is 292 g/mol. The van der Waals surface area contributed by atoms with Crippen molar-refractivity contribution >= 4 is 23.2 Å². The molecule has 0 radical (unpaired) electrons. The first-order valence-corrected chi connectivity index (χ1v) is 7.30. The van der Waals surface area contributed by atoms with Gasteiger partial charge in [-0.3, -0.25) is 4.79 Å². The lowest BCUT2D eigenvalue weighted by atomic mass is 10.1. The van der Waals surface area contributed by atoms with Crippen LogP contribution in [-0.2, 0) is 16.0 Å². The minimum atomic E-state index is -0.0934. The van der Waals surface area contributed by atoms with Crippen molar-refractivity contribution in [2.45, 2.75) is 32.3 Å². The molecular formula is C15H20N2O2S. The number of hydrogen-bond donors (Lipinski definition) is 2. The molecule has 1 amide bonds. The number of benzene rings is 1. The third kappa shape index (κ3) is 4.58. The third-order valence-electron chi connectivity index (χ3n) is 3.38. The highest BCUT2D eigenvalue weighted by Crippen LogP contribution is 2.10. The molecule has 0 spiro atoms.